The largest absolute Gasteiger partial charge is 0.361 e. The number of pyridine rings is 1. The van der Waals surface area contributed by atoms with Crippen molar-refractivity contribution in [3.05, 3.63) is 71.4 Å². The van der Waals surface area contributed by atoms with Gasteiger partial charge in [0.2, 0.25) is 0 Å². The quantitative estimate of drug-likeness (QED) is 0.523. The van der Waals surface area contributed by atoms with Crippen LogP contribution in [0.25, 0.3) is 22.2 Å². The van der Waals surface area contributed by atoms with Crippen LogP contribution in [0.15, 0.2) is 53.3 Å². The van der Waals surface area contributed by atoms with Crippen molar-refractivity contribution in [2.24, 2.45) is 0 Å². The van der Waals surface area contributed by atoms with Gasteiger partial charge in [-0.2, -0.15) is 0 Å². The third-order valence-electron chi connectivity index (χ3n) is 6.16. The number of H-pyrrole nitrogens is 1. The lowest BCUT2D eigenvalue weighted by Crippen LogP contribution is -2.32. The van der Waals surface area contributed by atoms with E-state index in [9.17, 15) is 0 Å². The van der Waals surface area contributed by atoms with Crippen molar-refractivity contribution in [2.75, 3.05) is 13.1 Å². The van der Waals surface area contributed by atoms with Gasteiger partial charge in [-0.1, -0.05) is 17.3 Å². The molecule has 0 amide bonds. The normalized spacial score (nSPS) is 15.9. The minimum Gasteiger partial charge on any atom is -0.361 e. The summed E-state index contributed by atoms with van der Waals surface area (Å²) in [6.07, 6.45) is 6.28. The summed E-state index contributed by atoms with van der Waals surface area (Å²) in [7, 11) is 0. The van der Waals surface area contributed by atoms with E-state index in [4.69, 9.17) is 4.52 Å². The van der Waals surface area contributed by atoms with Gasteiger partial charge in [0.05, 0.1) is 17.0 Å². The fraction of sp³-hybridized carbons (Fsp3) is 0.333. The van der Waals surface area contributed by atoms with Crippen molar-refractivity contribution in [3.8, 4) is 11.3 Å². The number of piperidine rings is 1. The van der Waals surface area contributed by atoms with Crippen molar-refractivity contribution < 1.29 is 4.52 Å². The Balaban J connectivity index is 1.26. The highest BCUT2D eigenvalue weighted by molar-refractivity contribution is 5.79. The number of nitrogens with one attached hydrogen (secondary N) is 1. The van der Waals surface area contributed by atoms with Gasteiger partial charge in [0, 0.05) is 24.5 Å². The van der Waals surface area contributed by atoms with Crippen LogP contribution in [0.3, 0.4) is 0 Å². The third-order valence-corrected chi connectivity index (χ3v) is 6.16. The van der Waals surface area contributed by atoms with Gasteiger partial charge in [-0.15, -0.1) is 0 Å². The van der Waals surface area contributed by atoms with Crippen LogP contribution < -0.4 is 0 Å². The Kier molecular flexibility index (Phi) is 4.68. The lowest BCUT2D eigenvalue weighted by molar-refractivity contribution is 0.204. The molecule has 5 rings (SSSR count). The SMILES string of the molecule is Cc1noc(C)c1-c1cc(C2CCN(Cc3ccc4cc[nH]c4c3)CC2)ccn1. The monoisotopic (exact) mass is 386 g/mol. The van der Waals surface area contributed by atoms with Gasteiger partial charge in [0.15, 0.2) is 0 Å². The zero-order valence-electron chi connectivity index (χ0n) is 17.0. The van der Waals surface area contributed by atoms with E-state index >= 15 is 0 Å². The van der Waals surface area contributed by atoms with Crippen molar-refractivity contribution >= 4 is 10.9 Å². The molecule has 1 aliphatic rings. The first-order valence-electron chi connectivity index (χ1n) is 10.3. The summed E-state index contributed by atoms with van der Waals surface area (Å²) in [6.45, 7) is 7.19. The van der Waals surface area contributed by atoms with Gasteiger partial charge in [0.25, 0.3) is 0 Å². The number of rotatable bonds is 4. The first-order valence-corrected chi connectivity index (χ1v) is 10.3. The molecule has 1 aromatic carbocycles. The highest BCUT2D eigenvalue weighted by Gasteiger charge is 2.22. The summed E-state index contributed by atoms with van der Waals surface area (Å²) >= 11 is 0. The fourth-order valence-electron chi connectivity index (χ4n) is 4.56. The maximum atomic E-state index is 5.33. The molecule has 0 radical (unpaired) electrons. The molecule has 1 fully saturated rings. The molecule has 4 heterocycles. The second-order valence-corrected chi connectivity index (χ2v) is 8.12. The van der Waals surface area contributed by atoms with Gasteiger partial charge >= 0.3 is 0 Å². The van der Waals surface area contributed by atoms with E-state index in [0.29, 0.717) is 5.92 Å². The van der Waals surface area contributed by atoms with Crippen molar-refractivity contribution in [1.29, 1.82) is 0 Å². The van der Waals surface area contributed by atoms with Crippen molar-refractivity contribution in [3.63, 3.8) is 0 Å². The van der Waals surface area contributed by atoms with Crippen LogP contribution in [0.5, 0.6) is 0 Å². The van der Waals surface area contributed by atoms with E-state index in [1.54, 1.807) is 0 Å². The summed E-state index contributed by atoms with van der Waals surface area (Å²) in [5.74, 6) is 1.42. The highest BCUT2D eigenvalue weighted by Crippen LogP contribution is 2.32. The molecule has 5 nitrogen and oxygen atoms in total. The van der Waals surface area contributed by atoms with Crippen LogP contribution in [0.2, 0.25) is 0 Å². The summed E-state index contributed by atoms with van der Waals surface area (Å²) in [5.41, 5.74) is 6.89. The second kappa shape index (κ2) is 7.48. The first-order chi connectivity index (χ1) is 14.2. The maximum absolute atomic E-state index is 5.33. The summed E-state index contributed by atoms with van der Waals surface area (Å²) < 4.78 is 5.33. The number of aryl methyl sites for hydroxylation is 2. The van der Waals surface area contributed by atoms with E-state index in [0.717, 1.165) is 42.3 Å². The Labute approximate surface area is 170 Å². The number of aromatic nitrogens is 3. The summed E-state index contributed by atoms with van der Waals surface area (Å²) in [6, 6.07) is 13.3. The summed E-state index contributed by atoms with van der Waals surface area (Å²) in [4.78, 5) is 10.5. The molecule has 0 aliphatic carbocycles. The minimum atomic E-state index is 0.583. The predicted molar refractivity (Wildman–Crippen MR) is 115 cm³/mol. The molecular formula is C24H26N4O. The fourth-order valence-corrected chi connectivity index (χ4v) is 4.56. The number of hydrogen-bond acceptors (Lipinski definition) is 4. The van der Waals surface area contributed by atoms with Crippen LogP contribution in [0.4, 0.5) is 0 Å². The van der Waals surface area contributed by atoms with Gasteiger partial charge in [-0.05, 0) is 86.5 Å². The molecule has 0 bridgehead atoms. The number of likely N-dealkylation sites (tertiary alicyclic amines) is 1. The maximum Gasteiger partial charge on any atom is 0.143 e. The van der Waals surface area contributed by atoms with E-state index in [1.807, 2.05) is 26.2 Å². The molecule has 29 heavy (non-hydrogen) atoms. The molecule has 0 spiro atoms. The predicted octanol–water partition coefficient (Wildman–Crippen LogP) is 5.21. The Morgan fingerprint density at radius 1 is 1.10 bits per heavy atom. The Hall–Kier alpha value is -2.92. The molecule has 0 saturated carbocycles. The summed E-state index contributed by atoms with van der Waals surface area (Å²) in [5, 5.41) is 5.35. The Morgan fingerprint density at radius 2 is 1.97 bits per heavy atom. The van der Waals surface area contributed by atoms with Crippen LogP contribution in [-0.2, 0) is 6.54 Å². The van der Waals surface area contributed by atoms with E-state index in [1.165, 1.54) is 34.9 Å². The molecule has 3 aromatic heterocycles. The number of hydrogen-bond donors (Lipinski definition) is 1. The third kappa shape index (κ3) is 3.58. The Morgan fingerprint density at radius 3 is 2.76 bits per heavy atom. The van der Waals surface area contributed by atoms with Gasteiger partial charge in [-0.25, -0.2) is 0 Å². The van der Waals surface area contributed by atoms with Crippen LogP contribution in [-0.4, -0.2) is 33.1 Å². The number of fused-ring (bicyclic) bond motifs is 1. The number of nitrogens with zero attached hydrogens (tertiary/aromatic N) is 3. The molecule has 5 heteroatoms. The molecule has 148 valence electrons. The Bertz CT molecular complexity index is 1120. The molecule has 1 aliphatic heterocycles. The number of benzene rings is 1. The van der Waals surface area contributed by atoms with Gasteiger partial charge in [0.1, 0.15) is 5.76 Å². The average molecular weight is 386 g/mol. The molecule has 0 unspecified atom stereocenters. The van der Waals surface area contributed by atoms with Gasteiger partial charge in [-0.3, -0.25) is 9.88 Å². The van der Waals surface area contributed by atoms with Crippen LogP contribution >= 0.6 is 0 Å². The topological polar surface area (TPSA) is 58.0 Å². The molecule has 4 aromatic rings. The van der Waals surface area contributed by atoms with Crippen molar-refractivity contribution in [1.82, 2.24) is 20.0 Å². The molecule has 1 saturated heterocycles. The lowest BCUT2D eigenvalue weighted by atomic mass is 9.89. The van der Waals surface area contributed by atoms with Gasteiger partial charge < -0.3 is 9.51 Å². The highest BCUT2D eigenvalue weighted by atomic mass is 16.5. The lowest BCUT2D eigenvalue weighted by Gasteiger charge is -2.32. The number of aromatic amines is 1. The molecule has 1 N–H and O–H groups in total. The first kappa shape index (κ1) is 18.1. The van der Waals surface area contributed by atoms with E-state index in [-0.39, 0.29) is 0 Å². The van der Waals surface area contributed by atoms with Crippen LogP contribution in [0.1, 0.15) is 41.3 Å². The second-order valence-electron chi connectivity index (χ2n) is 8.12. The van der Waals surface area contributed by atoms with Crippen LogP contribution in [0, 0.1) is 13.8 Å². The zero-order valence-corrected chi connectivity index (χ0v) is 17.0. The zero-order chi connectivity index (χ0) is 19.8. The van der Waals surface area contributed by atoms with E-state index < -0.39 is 0 Å². The average Bonchev–Trinajstić information content (AvgIpc) is 3.34. The smallest absolute Gasteiger partial charge is 0.143 e. The van der Waals surface area contributed by atoms with Crippen molar-refractivity contribution in [2.45, 2.75) is 39.2 Å². The molecule has 0 atom stereocenters. The van der Waals surface area contributed by atoms with E-state index in [2.05, 4.69) is 56.4 Å². The standard InChI is InChI=1S/C24H26N4O/c1-16-24(17(2)29-27-16)23-14-21(6-10-26-23)19-7-11-28(12-8-19)15-18-3-4-20-5-9-25-22(20)13-18/h3-6,9-10,13-14,19,25H,7-8,11-12,15H2,1-2H3. The molecular weight excluding hydrogens is 360 g/mol. The minimum absolute atomic E-state index is 0.583.